The molecule has 2 N–H and O–H groups in total. The van der Waals surface area contributed by atoms with Gasteiger partial charge in [-0.2, -0.15) is 0 Å². The highest BCUT2D eigenvalue weighted by Crippen LogP contribution is 2.25. The zero-order valence-corrected chi connectivity index (χ0v) is 15.6. The van der Waals surface area contributed by atoms with Gasteiger partial charge in [-0.05, 0) is 44.0 Å². The molecular weight excluding hydrogens is 346 g/mol. The van der Waals surface area contributed by atoms with Crippen LogP contribution in [-0.2, 0) is 0 Å². The Hall–Kier alpha value is -2.99. The number of nitrogens with zero attached hydrogens (tertiary/aromatic N) is 1. The number of carbonyl (C=O) groups excluding carboxylic acids is 2. The zero-order chi connectivity index (χ0) is 18.7. The molecule has 0 aliphatic rings. The van der Waals surface area contributed by atoms with Gasteiger partial charge in [0.25, 0.3) is 11.8 Å². The maximum absolute atomic E-state index is 12.6. The van der Waals surface area contributed by atoms with Crippen LogP contribution in [0.25, 0.3) is 0 Å². The number of hydrogen-bond donors (Lipinski definition) is 2. The molecule has 6 heteroatoms. The molecule has 26 heavy (non-hydrogen) atoms. The van der Waals surface area contributed by atoms with Crippen molar-refractivity contribution in [2.45, 2.75) is 20.8 Å². The fourth-order valence-corrected chi connectivity index (χ4v) is 3.40. The minimum Gasteiger partial charge on any atom is -0.321 e. The number of anilines is 2. The van der Waals surface area contributed by atoms with Gasteiger partial charge in [0.1, 0.15) is 4.88 Å². The van der Waals surface area contributed by atoms with Crippen molar-refractivity contribution in [2.75, 3.05) is 10.6 Å². The number of benzene rings is 2. The Morgan fingerprint density at radius 1 is 0.846 bits per heavy atom. The summed E-state index contributed by atoms with van der Waals surface area (Å²) in [5.41, 5.74) is 3.80. The number of nitrogens with one attached hydrogen (secondary N) is 2. The Morgan fingerprint density at radius 2 is 1.50 bits per heavy atom. The van der Waals surface area contributed by atoms with E-state index in [0.29, 0.717) is 21.3 Å². The fraction of sp³-hybridized carbons (Fsp3) is 0.150. The molecular formula is C20H19N3O2S. The predicted molar refractivity (Wildman–Crippen MR) is 105 cm³/mol. The highest BCUT2D eigenvalue weighted by atomic mass is 32.1. The molecule has 0 saturated carbocycles. The average Bonchev–Trinajstić information content (AvgIpc) is 2.97. The van der Waals surface area contributed by atoms with E-state index >= 15 is 0 Å². The lowest BCUT2D eigenvalue weighted by Crippen LogP contribution is -2.13. The van der Waals surface area contributed by atoms with E-state index in [4.69, 9.17) is 0 Å². The second-order valence-electron chi connectivity index (χ2n) is 5.97. The van der Waals surface area contributed by atoms with Gasteiger partial charge in [-0.15, -0.1) is 0 Å². The zero-order valence-electron chi connectivity index (χ0n) is 14.8. The summed E-state index contributed by atoms with van der Waals surface area (Å²) in [6.07, 6.45) is 0. The summed E-state index contributed by atoms with van der Waals surface area (Å²) in [7, 11) is 0. The van der Waals surface area contributed by atoms with Gasteiger partial charge in [-0.3, -0.25) is 14.9 Å². The quantitative estimate of drug-likeness (QED) is 0.711. The molecule has 0 aliphatic heterocycles. The lowest BCUT2D eigenvalue weighted by Gasteiger charge is -2.06. The number of amides is 2. The van der Waals surface area contributed by atoms with Gasteiger partial charge in [-0.25, -0.2) is 4.98 Å². The molecule has 0 fully saturated rings. The van der Waals surface area contributed by atoms with Gasteiger partial charge < -0.3 is 5.32 Å². The van der Waals surface area contributed by atoms with E-state index in [1.165, 1.54) is 11.3 Å². The number of aromatic nitrogens is 1. The lowest BCUT2D eigenvalue weighted by atomic mass is 10.1. The lowest BCUT2D eigenvalue weighted by molar-refractivity contribution is 0.101. The van der Waals surface area contributed by atoms with Gasteiger partial charge >= 0.3 is 0 Å². The average molecular weight is 365 g/mol. The van der Waals surface area contributed by atoms with E-state index < -0.39 is 0 Å². The number of hydrogen-bond acceptors (Lipinski definition) is 4. The van der Waals surface area contributed by atoms with Crippen molar-refractivity contribution in [3.63, 3.8) is 0 Å². The minimum atomic E-state index is -0.234. The minimum absolute atomic E-state index is 0.231. The van der Waals surface area contributed by atoms with E-state index in [0.717, 1.165) is 16.8 Å². The topological polar surface area (TPSA) is 71.1 Å². The Kier molecular flexibility index (Phi) is 5.14. The van der Waals surface area contributed by atoms with Crippen molar-refractivity contribution >= 4 is 34.0 Å². The van der Waals surface area contributed by atoms with Crippen molar-refractivity contribution in [3.8, 4) is 0 Å². The first-order valence-corrected chi connectivity index (χ1v) is 8.98. The molecule has 1 aromatic heterocycles. The van der Waals surface area contributed by atoms with Crippen LogP contribution in [0, 0.1) is 20.8 Å². The third-order valence-electron chi connectivity index (χ3n) is 4.01. The number of thiazole rings is 1. The smallest absolute Gasteiger partial charge is 0.267 e. The van der Waals surface area contributed by atoms with Crippen LogP contribution >= 0.6 is 11.3 Å². The summed E-state index contributed by atoms with van der Waals surface area (Å²) in [5, 5.41) is 6.08. The molecule has 0 aliphatic carbocycles. The van der Waals surface area contributed by atoms with Crippen molar-refractivity contribution in [1.29, 1.82) is 0 Å². The molecule has 132 valence electrons. The summed E-state index contributed by atoms with van der Waals surface area (Å²) >= 11 is 1.17. The molecule has 2 aromatic carbocycles. The highest BCUT2D eigenvalue weighted by molar-refractivity contribution is 7.17. The maximum Gasteiger partial charge on any atom is 0.267 e. The Bertz CT molecular complexity index is 979. The standard InChI is InChI=1S/C20H19N3O2S/c1-12-8-4-6-10-15(12)18(24)23-20-21-14(3)17(26-20)19(25)22-16-11-7-5-9-13(16)2/h4-11H,1-3H3,(H,22,25)(H,21,23,24). The maximum atomic E-state index is 12.6. The molecule has 0 unspecified atom stereocenters. The van der Waals surface area contributed by atoms with Crippen LogP contribution in [0.2, 0.25) is 0 Å². The highest BCUT2D eigenvalue weighted by Gasteiger charge is 2.18. The Labute approximate surface area is 156 Å². The van der Waals surface area contributed by atoms with Crippen LogP contribution in [0.3, 0.4) is 0 Å². The van der Waals surface area contributed by atoms with Crippen molar-refractivity contribution in [2.24, 2.45) is 0 Å². The first-order valence-electron chi connectivity index (χ1n) is 8.17. The van der Waals surface area contributed by atoms with Gasteiger partial charge in [0.2, 0.25) is 0 Å². The second-order valence-corrected chi connectivity index (χ2v) is 6.97. The summed E-state index contributed by atoms with van der Waals surface area (Å²) in [6.45, 7) is 5.57. The van der Waals surface area contributed by atoms with Crippen LogP contribution in [0.4, 0.5) is 10.8 Å². The molecule has 0 radical (unpaired) electrons. The largest absolute Gasteiger partial charge is 0.321 e. The molecule has 3 aromatic rings. The van der Waals surface area contributed by atoms with Crippen molar-refractivity contribution in [1.82, 2.24) is 4.98 Å². The number of para-hydroxylation sites is 1. The van der Waals surface area contributed by atoms with Crippen molar-refractivity contribution < 1.29 is 9.59 Å². The molecule has 0 saturated heterocycles. The molecule has 2 amide bonds. The van der Waals surface area contributed by atoms with Crippen LogP contribution in [0.5, 0.6) is 0 Å². The molecule has 1 heterocycles. The van der Waals surface area contributed by atoms with Crippen LogP contribution in [-0.4, -0.2) is 16.8 Å². The van der Waals surface area contributed by atoms with Crippen molar-refractivity contribution in [3.05, 3.63) is 75.8 Å². The van der Waals surface area contributed by atoms with E-state index in [2.05, 4.69) is 15.6 Å². The number of aryl methyl sites for hydroxylation is 3. The van der Waals surface area contributed by atoms with E-state index in [9.17, 15) is 9.59 Å². The van der Waals surface area contributed by atoms with Crippen LogP contribution in [0.1, 0.15) is 36.9 Å². The molecule has 5 nitrogen and oxygen atoms in total. The van der Waals surface area contributed by atoms with E-state index in [1.54, 1.807) is 13.0 Å². The normalized spacial score (nSPS) is 10.4. The van der Waals surface area contributed by atoms with Gasteiger partial charge in [0.15, 0.2) is 5.13 Å². The third kappa shape index (κ3) is 3.81. The second kappa shape index (κ2) is 7.49. The fourth-order valence-electron chi connectivity index (χ4n) is 2.54. The van der Waals surface area contributed by atoms with Crippen LogP contribution in [0.15, 0.2) is 48.5 Å². The molecule has 0 bridgehead atoms. The summed E-state index contributed by atoms with van der Waals surface area (Å²) in [5.74, 6) is -0.464. The predicted octanol–water partition coefficient (Wildman–Crippen LogP) is 4.57. The number of carbonyl (C=O) groups is 2. The monoisotopic (exact) mass is 365 g/mol. The number of rotatable bonds is 4. The molecule has 0 atom stereocenters. The Morgan fingerprint density at radius 3 is 2.19 bits per heavy atom. The molecule has 0 spiro atoms. The first-order chi connectivity index (χ1) is 12.5. The summed E-state index contributed by atoms with van der Waals surface area (Å²) in [4.78, 5) is 29.8. The SMILES string of the molecule is Cc1ccccc1NC(=O)c1sc(NC(=O)c2ccccc2C)nc1C. The summed E-state index contributed by atoms with van der Waals surface area (Å²) in [6, 6.07) is 14.9. The third-order valence-corrected chi connectivity index (χ3v) is 5.08. The molecule has 3 rings (SSSR count). The van der Waals surface area contributed by atoms with E-state index in [1.807, 2.05) is 56.3 Å². The summed E-state index contributed by atoms with van der Waals surface area (Å²) < 4.78 is 0. The van der Waals surface area contributed by atoms with Crippen LogP contribution < -0.4 is 10.6 Å². The first kappa shape index (κ1) is 17.8. The Balaban J connectivity index is 1.77. The van der Waals surface area contributed by atoms with Gasteiger partial charge in [0, 0.05) is 11.3 Å². The van der Waals surface area contributed by atoms with Gasteiger partial charge in [-0.1, -0.05) is 47.7 Å². The van der Waals surface area contributed by atoms with E-state index in [-0.39, 0.29) is 11.8 Å². The van der Waals surface area contributed by atoms with Gasteiger partial charge in [0.05, 0.1) is 5.69 Å².